The second kappa shape index (κ2) is 4.23. The zero-order valence-electron chi connectivity index (χ0n) is 13.7. The quantitative estimate of drug-likeness (QED) is 0.446. The summed E-state index contributed by atoms with van der Waals surface area (Å²) < 4.78 is 17.8. The smallest absolute Gasteiger partial charge is 0.341 e. The van der Waals surface area contributed by atoms with E-state index in [1.807, 2.05) is 6.92 Å². The molecule has 21 heavy (non-hydrogen) atoms. The molecule has 1 saturated heterocycles. The molecule has 116 valence electrons. The molecule has 3 aliphatic heterocycles. The molecular weight excluding hydrogens is 284 g/mol. The molecule has 0 N–H and O–H groups in total. The van der Waals surface area contributed by atoms with E-state index in [2.05, 4.69) is 39.9 Å². The van der Waals surface area contributed by atoms with Crippen molar-refractivity contribution >= 4 is 14.3 Å². The first kappa shape index (κ1) is 14.8. The van der Waals surface area contributed by atoms with Crippen LogP contribution in [0, 0.1) is 0 Å². The molecule has 0 radical (unpaired) electrons. The minimum atomic E-state index is -1.99. The molecule has 1 fully saturated rings. The Morgan fingerprint density at radius 3 is 2.67 bits per heavy atom. The number of cyclic esters (lactones) is 1. The van der Waals surface area contributed by atoms with Crippen LogP contribution in [0.25, 0.3) is 0 Å². The molecule has 0 spiro atoms. The van der Waals surface area contributed by atoms with E-state index in [1.54, 1.807) is 0 Å². The van der Waals surface area contributed by atoms with Gasteiger partial charge in [-0.05, 0) is 31.1 Å². The lowest BCUT2D eigenvalue weighted by Crippen LogP contribution is -2.48. The maximum atomic E-state index is 12.3. The van der Waals surface area contributed by atoms with Crippen molar-refractivity contribution in [2.24, 2.45) is 0 Å². The SMILES string of the molecule is CC12OC3C=C1COC(=O)C2=C(O[Si](C)(C)C(C)(C)C)C3. The summed E-state index contributed by atoms with van der Waals surface area (Å²) in [5.41, 5.74) is 0.991. The topological polar surface area (TPSA) is 44.8 Å². The molecule has 0 aromatic heterocycles. The van der Waals surface area contributed by atoms with Gasteiger partial charge in [-0.15, -0.1) is 0 Å². The van der Waals surface area contributed by atoms with E-state index in [-0.39, 0.29) is 17.1 Å². The first-order chi connectivity index (χ1) is 9.54. The van der Waals surface area contributed by atoms with Gasteiger partial charge in [0.2, 0.25) is 8.32 Å². The monoisotopic (exact) mass is 308 g/mol. The first-order valence-electron chi connectivity index (χ1n) is 7.53. The number of fused-ring (bicyclic) bond motifs is 1. The largest absolute Gasteiger partial charge is 0.546 e. The summed E-state index contributed by atoms with van der Waals surface area (Å²) in [5.74, 6) is 0.500. The average molecular weight is 308 g/mol. The maximum absolute atomic E-state index is 12.3. The molecular formula is C16H24O4Si. The number of esters is 1. The van der Waals surface area contributed by atoms with Crippen LogP contribution in [0.3, 0.4) is 0 Å². The Morgan fingerprint density at radius 2 is 2.05 bits per heavy atom. The molecule has 2 unspecified atom stereocenters. The van der Waals surface area contributed by atoms with Gasteiger partial charge in [0.25, 0.3) is 0 Å². The van der Waals surface area contributed by atoms with E-state index in [9.17, 15) is 4.79 Å². The zero-order chi connectivity index (χ0) is 15.6. The van der Waals surface area contributed by atoms with Gasteiger partial charge in [0.05, 0.1) is 11.9 Å². The van der Waals surface area contributed by atoms with Crippen molar-refractivity contribution in [2.75, 3.05) is 6.61 Å². The van der Waals surface area contributed by atoms with Crippen LogP contribution in [0.5, 0.6) is 0 Å². The van der Waals surface area contributed by atoms with Gasteiger partial charge in [-0.25, -0.2) is 4.79 Å². The summed E-state index contributed by atoms with van der Waals surface area (Å²) in [6.07, 6.45) is 2.73. The molecule has 0 aliphatic carbocycles. The molecule has 4 nitrogen and oxygen atoms in total. The number of ether oxygens (including phenoxy) is 2. The van der Waals surface area contributed by atoms with E-state index < -0.39 is 13.9 Å². The number of carbonyl (C=O) groups excluding carboxylic acids is 1. The molecule has 3 heterocycles. The molecule has 5 heteroatoms. The van der Waals surface area contributed by atoms with Crippen molar-refractivity contribution in [1.29, 1.82) is 0 Å². The van der Waals surface area contributed by atoms with Gasteiger partial charge in [-0.1, -0.05) is 20.8 Å². The maximum Gasteiger partial charge on any atom is 0.341 e. The number of hydrogen-bond acceptors (Lipinski definition) is 4. The van der Waals surface area contributed by atoms with Crippen LogP contribution in [-0.4, -0.2) is 32.6 Å². The van der Waals surface area contributed by atoms with E-state index in [1.165, 1.54) is 0 Å². The Kier molecular flexibility index (Phi) is 2.99. The fraction of sp³-hybridized carbons (Fsp3) is 0.688. The number of hydrogen-bond donors (Lipinski definition) is 0. The average Bonchev–Trinajstić information content (AvgIpc) is 2.59. The van der Waals surface area contributed by atoms with Gasteiger partial charge >= 0.3 is 5.97 Å². The predicted octanol–water partition coefficient (Wildman–Crippen LogP) is 3.31. The highest BCUT2D eigenvalue weighted by molar-refractivity contribution is 6.74. The Balaban J connectivity index is 2.03. The Morgan fingerprint density at radius 1 is 1.38 bits per heavy atom. The molecule has 3 aliphatic rings. The van der Waals surface area contributed by atoms with Gasteiger partial charge in [0.15, 0.2) is 0 Å². The first-order valence-corrected chi connectivity index (χ1v) is 10.4. The van der Waals surface area contributed by atoms with E-state index in [4.69, 9.17) is 13.9 Å². The van der Waals surface area contributed by atoms with E-state index >= 15 is 0 Å². The van der Waals surface area contributed by atoms with Crippen LogP contribution in [0.4, 0.5) is 0 Å². The highest BCUT2D eigenvalue weighted by Gasteiger charge is 2.54. The van der Waals surface area contributed by atoms with Gasteiger partial charge in [0.1, 0.15) is 17.8 Å². The summed E-state index contributed by atoms with van der Waals surface area (Å²) >= 11 is 0. The Labute approximate surface area is 127 Å². The van der Waals surface area contributed by atoms with Gasteiger partial charge in [-0.3, -0.25) is 0 Å². The molecule has 0 saturated carbocycles. The molecule has 3 rings (SSSR count). The standard InChI is InChI=1S/C16H24O4Si/c1-15(2,3)21(5,6)20-12-8-11-7-10-9-18-14(17)13(12)16(10,4)19-11/h7,11H,8-9H2,1-6H3. The van der Waals surface area contributed by atoms with Crippen molar-refractivity contribution in [1.82, 2.24) is 0 Å². The fourth-order valence-electron chi connectivity index (χ4n) is 2.93. The highest BCUT2D eigenvalue weighted by atomic mass is 28.4. The van der Waals surface area contributed by atoms with Crippen LogP contribution < -0.4 is 0 Å². The third kappa shape index (κ3) is 2.09. The van der Waals surface area contributed by atoms with Gasteiger partial charge in [0, 0.05) is 12.0 Å². The van der Waals surface area contributed by atoms with Crippen LogP contribution in [0.15, 0.2) is 23.0 Å². The summed E-state index contributed by atoms with van der Waals surface area (Å²) in [6.45, 7) is 13.3. The third-order valence-corrected chi connectivity index (χ3v) is 9.65. The minimum absolute atomic E-state index is 0.00279. The summed E-state index contributed by atoms with van der Waals surface area (Å²) in [4.78, 5) is 12.3. The number of rotatable bonds is 2. The van der Waals surface area contributed by atoms with Crippen molar-refractivity contribution in [3.05, 3.63) is 23.0 Å². The van der Waals surface area contributed by atoms with Crippen LogP contribution >= 0.6 is 0 Å². The van der Waals surface area contributed by atoms with Crippen LogP contribution in [-0.2, 0) is 18.7 Å². The Hall–Kier alpha value is -1.07. The molecule has 2 bridgehead atoms. The predicted molar refractivity (Wildman–Crippen MR) is 82.2 cm³/mol. The highest BCUT2D eigenvalue weighted by Crippen LogP contribution is 2.49. The van der Waals surface area contributed by atoms with Crippen LogP contribution in [0.1, 0.15) is 34.1 Å². The van der Waals surface area contributed by atoms with Crippen molar-refractivity contribution in [3.63, 3.8) is 0 Å². The molecule has 0 amide bonds. The second-order valence-corrected chi connectivity index (χ2v) is 12.5. The van der Waals surface area contributed by atoms with Gasteiger partial charge < -0.3 is 13.9 Å². The lowest BCUT2D eigenvalue weighted by molar-refractivity contribution is -0.146. The molecule has 0 aromatic rings. The Bertz CT molecular complexity index is 567. The lowest BCUT2D eigenvalue weighted by atomic mass is 9.86. The fourth-order valence-corrected chi connectivity index (χ4v) is 4.04. The van der Waals surface area contributed by atoms with Gasteiger partial charge in [-0.2, -0.15) is 0 Å². The third-order valence-electron chi connectivity index (χ3n) is 5.28. The van der Waals surface area contributed by atoms with E-state index in [0.717, 1.165) is 11.3 Å². The normalized spacial score (nSPS) is 32.0. The second-order valence-electron chi connectivity index (χ2n) is 7.82. The van der Waals surface area contributed by atoms with Crippen molar-refractivity contribution in [2.45, 2.75) is 64.0 Å². The summed E-state index contributed by atoms with van der Waals surface area (Å²) in [5, 5.41) is 0.0909. The zero-order valence-corrected chi connectivity index (χ0v) is 14.7. The summed E-state index contributed by atoms with van der Waals surface area (Å²) in [7, 11) is -1.99. The van der Waals surface area contributed by atoms with Crippen molar-refractivity contribution < 1.29 is 18.7 Å². The number of carbonyl (C=O) groups is 1. The summed E-state index contributed by atoms with van der Waals surface area (Å²) in [6, 6.07) is 0. The molecule has 0 aromatic carbocycles. The molecule has 2 atom stereocenters. The van der Waals surface area contributed by atoms with Crippen molar-refractivity contribution in [3.8, 4) is 0 Å². The minimum Gasteiger partial charge on any atom is -0.546 e. The van der Waals surface area contributed by atoms with Crippen LogP contribution in [0.2, 0.25) is 18.1 Å². The lowest BCUT2D eigenvalue weighted by Gasteiger charge is -2.43. The van der Waals surface area contributed by atoms with E-state index in [0.29, 0.717) is 18.6 Å².